The Morgan fingerprint density at radius 3 is 2.73 bits per heavy atom. The molecular weight excluding hydrogens is 276 g/mol. The minimum atomic E-state index is -0.166. The summed E-state index contributed by atoms with van der Waals surface area (Å²) in [6.45, 7) is 2.06. The number of benzene rings is 1. The van der Waals surface area contributed by atoms with Crippen LogP contribution in [-0.4, -0.2) is 20.7 Å². The third-order valence-corrected chi connectivity index (χ3v) is 3.40. The van der Waals surface area contributed by atoms with E-state index >= 15 is 0 Å². The molecule has 2 heterocycles. The highest BCUT2D eigenvalue weighted by atomic mass is 16.1. The van der Waals surface area contributed by atoms with Crippen LogP contribution in [0.3, 0.4) is 0 Å². The van der Waals surface area contributed by atoms with Crippen LogP contribution < -0.4 is 5.32 Å². The van der Waals surface area contributed by atoms with Gasteiger partial charge in [0.15, 0.2) is 5.82 Å². The molecule has 22 heavy (non-hydrogen) atoms. The average molecular weight is 292 g/mol. The maximum Gasteiger partial charge on any atom is 0.257 e. The molecular formula is C17H16N4O. The fraction of sp³-hybridized carbons (Fsp3) is 0.118. The molecule has 0 aliphatic carbocycles. The predicted molar refractivity (Wildman–Crippen MR) is 85.1 cm³/mol. The minimum Gasteiger partial charge on any atom is -0.322 e. The summed E-state index contributed by atoms with van der Waals surface area (Å²) < 4.78 is 1.65. The number of aromatic nitrogens is 3. The van der Waals surface area contributed by atoms with Gasteiger partial charge in [0.25, 0.3) is 5.91 Å². The Labute approximate surface area is 128 Å². The summed E-state index contributed by atoms with van der Waals surface area (Å²) in [4.78, 5) is 16.6. The average Bonchev–Trinajstić information content (AvgIpc) is 3.10. The van der Waals surface area contributed by atoms with Crippen LogP contribution >= 0.6 is 0 Å². The van der Waals surface area contributed by atoms with Crippen molar-refractivity contribution in [2.75, 3.05) is 5.32 Å². The van der Waals surface area contributed by atoms with Gasteiger partial charge in [-0.25, -0.2) is 9.67 Å². The highest BCUT2D eigenvalue weighted by molar-refractivity contribution is 6.04. The number of carbonyl (C=O) groups is 1. The van der Waals surface area contributed by atoms with E-state index in [9.17, 15) is 4.79 Å². The maximum atomic E-state index is 12.3. The van der Waals surface area contributed by atoms with Gasteiger partial charge in [-0.2, -0.15) is 5.10 Å². The van der Waals surface area contributed by atoms with Crippen molar-refractivity contribution in [3.05, 3.63) is 72.2 Å². The van der Waals surface area contributed by atoms with E-state index in [1.165, 1.54) is 0 Å². The third-order valence-electron chi connectivity index (χ3n) is 3.40. The van der Waals surface area contributed by atoms with E-state index in [2.05, 4.69) is 22.3 Å². The Bertz CT molecular complexity index is 764. The van der Waals surface area contributed by atoms with Gasteiger partial charge >= 0.3 is 0 Å². The molecule has 0 unspecified atom stereocenters. The summed E-state index contributed by atoms with van der Waals surface area (Å²) >= 11 is 0. The SMILES string of the molecule is CCc1ccccc1NC(=O)c1ccc(-n2cccn2)nc1. The molecule has 0 spiro atoms. The number of anilines is 1. The molecule has 0 atom stereocenters. The van der Waals surface area contributed by atoms with Gasteiger partial charge in [0.1, 0.15) is 0 Å². The van der Waals surface area contributed by atoms with Crippen LogP contribution in [0.1, 0.15) is 22.8 Å². The van der Waals surface area contributed by atoms with Crippen LogP contribution in [0.4, 0.5) is 5.69 Å². The molecule has 1 N–H and O–H groups in total. The van der Waals surface area contributed by atoms with Crippen molar-refractivity contribution in [1.82, 2.24) is 14.8 Å². The van der Waals surface area contributed by atoms with E-state index in [0.717, 1.165) is 17.7 Å². The van der Waals surface area contributed by atoms with E-state index in [-0.39, 0.29) is 5.91 Å². The smallest absolute Gasteiger partial charge is 0.257 e. The number of rotatable bonds is 4. The van der Waals surface area contributed by atoms with Crippen LogP contribution in [0.25, 0.3) is 5.82 Å². The quantitative estimate of drug-likeness (QED) is 0.804. The van der Waals surface area contributed by atoms with Crippen LogP contribution in [0, 0.1) is 0 Å². The lowest BCUT2D eigenvalue weighted by molar-refractivity contribution is 0.102. The lowest BCUT2D eigenvalue weighted by atomic mass is 10.1. The van der Waals surface area contributed by atoms with Gasteiger partial charge in [0.2, 0.25) is 0 Å². The highest BCUT2D eigenvalue weighted by Crippen LogP contribution is 2.16. The predicted octanol–water partition coefficient (Wildman–Crippen LogP) is 3.08. The van der Waals surface area contributed by atoms with Crippen LogP contribution in [0.15, 0.2) is 61.1 Å². The van der Waals surface area contributed by atoms with Crippen molar-refractivity contribution in [2.24, 2.45) is 0 Å². The summed E-state index contributed by atoms with van der Waals surface area (Å²) in [5.41, 5.74) is 2.46. The van der Waals surface area contributed by atoms with Gasteiger partial charge in [-0.1, -0.05) is 25.1 Å². The number of amides is 1. The molecule has 0 saturated heterocycles. The van der Waals surface area contributed by atoms with Gasteiger partial charge in [0, 0.05) is 24.3 Å². The van der Waals surface area contributed by atoms with Crippen LogP contribution in [0.5, 0.6) is 0 Å². The topological polar surface area (TPSA) is 59.8 Å². The fourth-order valence-corrected chi connectivity index (χ4v) is 2.21. The first-order chi connectivity index (χ1) is 10.8. The van der Waals surface area contributed by atoms with E-state index in [4.69, 9.17) is 0 Å². The number of aryl methyl sites for hydroxylation is 1. The third kappa shape index (κ3) is 2.88. The highest BCUT2D eigenvalue weighted by Gasteiger charge is 2.09. The number of pyridine rings is 1. The molecule has 0 radical (unpaired) electrons. The van der Waals surface area contributed by atoms with Gasteiger partial charge in [-0.3, -0.25) is 4.79 Å². The number of para-hydroxylation sites is 1. The molecule has 3 aromatic rings. The summed E-state index contributed by atoms with van der Waals surface area (Å²) in [6.07, 6.45) is 5.91. The van der Waals surface area contributed by atoms with Crippen molar-refractivity contribution in [2.45, 2.75) is 13.3 Å². The Morgan fingerprint density at radius 2 is 2.05 bits per heavy atom. The molecule has 0 bridgehead atoms. The Hall–Kier alpha value is -2.95. The normalized spacial score (nSPS) is 10.4. The molecule has 3 rings (SSSR count). The van der Waals surface area contributed by atoms with Gasteiger partial charge in [-0.05, 0) is 36.2 Å². The maximum absolute atomic E-state index is 12.3. The largest absolute Gasteiger partial charge is 0.322 e. The second kappa shape index (κ2) is 6.22. The monoisotopic (exact) mass is 292 g/mol. The lowest BCUT2D eigenvalue weighted by Crippen LogP contribution is -2.13. The molecule has 0 aliphatic heterocycles. The lowest BCUT2D eigenvalue weighted by Gasteiger charge is -2.09. The second-order valence-corrected chi connectivity index (χ2v) is 4.82. The van der Waals surface area contributed by atoms with E-state index < -0.39 is 0 Å². The zero-order valence-electron chi connectivity index (χ0n) is 12.2. The number of nitrogens with one attached hydrogen (secondary N) is 1. The number of carbonyl (C=O) groups excluding carboxylic acids is 1. The summed E-state index contributed by atoms with van der Waals surface area (Å²) in [5.74, 6) is 0.510. The first-order valence-corrected chi connectivity index (χ1v) is 7.13. The molecule has 0 fully saturated rings. The first kappa shape index (κ1) is 14.0. The molecule has 0 saturated carbocycles. The molecule has 5 nitrogen and oxygen atoms in total. The molecule has 1 aromatic carbocycles. The number of nitrogens with zero attached hydrogens (tertiary/aromatic N) is 3. The molecule has 1 amide bonds. The van der Waals surface area contributed by atoms with Gasteiger partial charge in [-0.15, -0.1) is 0 Å². The first-order valence-electron chi connectivity index (χ1n) is 7.13. The summed E-state index contributed by atoms with van der Waals surface area (Å²) in [5, 5.41) is 7.04. The van der Waals surface area contributed by atoms with Crippen molar-refractivity contribution in [1.29, 1.82) is 0 Å². The van der Waals surface area contributed by atoms with E-state index in [1.807, 2.05) is 30.3 Å². The van der Waals surface area contributed by atoms with E-state index in [0.29, 0.717) is 11.4 Å². The minimum absolute atomic E-state index is 0.166. The molecule has 5 heteroatoms. The van der Waals surface area contributed by atoms with Crippen molar-refractivity contribution in [3.8, 4) is 5.82 Å². The van der Waals surface area contributed by atoms with Crippen molar-refractivity contribution < 1.29 is 4.79 Å². The standard InChI is InChI=1S/C17H16N4O/c1-2-13-6-3-4-7-15(13)20-17(22)14-8-9-16(18-12-14)21-11-5-10-19-21/h3-12H,2H2,1H3,(H,20,22). The Morgan fingerprint density at radius 1 is 1.18 bits per heavy atom. The summed E-state index contributed by atoms with van der Waals surface area (Å²) in [6, 6.07) is 13.1. The fourth-order valence-electron chi connectivity index (χ4n) is 2.21. The number of hydrogen-bond donors (Lipinski definition) is 1. The Kier molecular flexibility index (Phi) is 3.96. The zero-order valence-corrected chi connectivity index (χ0v) is 12.2. The molecule has 2 aromatic heterocycles. The Balaban J connectivity index is 1.78. The second-order valence-electron chi connectivity index (χ2n) is 4.82. The number of hydrogen-bond acceptors (Lipinski definition) is 3. The van der Waals surface area contributed by atoms with Gasteiger partial charge < -0.3 is 5.32 Å². The van der Waals surface area contributed by atoms with Gasteiger partial charge in [0.05, 0.1) is 5.56 Å². The summed E-state index contributed by atoms with van der Waals surface area (Å²) in [7, 11) is 0. The van der Waals surface area contributed by atoms with E-state index in [1.54, 1.807) is 35.4 Å². The van der Waals surface area contributed by atoms with Crippen LogP contribution in [0.2, 0.25) is 0 Å². The van der Waals surface area contributed by atoms with Crippen LogP contribution in [-0.2, 0) is 6.42 Å². The van der Waals surface area contributed by atoms with Crippen molar-refractivity contribution >= 4 is 11.6 Å². The molecule has 0 aliphatic rings. The molecule has 110 valence electrons. The van der Waals surface area contributed by atoms with Crippen molar-refractivity contribution in [3.63, 3.8) is 0 Å². The zero-order chi connectivity index (χ0) is 15.4.